The highest BCUT2D eigenvalue weighted by Crippen LogP contribution is 2.36. The first kappa shape index (κ1) is 17.0. The van der Waals surface area contributed by atoms with E-state index in [2.05, 4.69) is 5.10 Å². The van der Waals surface area contributed by atoms with Gasteiger partial charge in [-0.15, -0.1) is 0 Å². The van der Waals surface area contributed by atoms with Crippen LogP contribution in [0.2, 0.25) is 0 Å². The van der Waals surface area contributed by atoms with Crippen molar-refractivity contribution >= 4 is 11.8 Å². The molecule has 24 heavy (non-hydrogen) atoms. The molecule has 0 radical (unpaired) electrons. The van der Waals surface area contributed by atoms with Gasteiger partial charge in [0, 0.05) is 39.5 Å². The Hall–Kier alpha value is -1.89. The summed E-state index contributed by atoms with van der Waals surface area (Å²) in [7, 11) is 3.39. The van der Waals surface area contributed by atoms with E-state index in [4.69, 9.17) is 4.74 Å². The molecule has 0 N–H and O–H groups in total. The van der Waals surface area contributed by atoms with Gasteiger partial charge in [-0.3, -0.25) is 14.3 Å². The summed E-state index contributed by atoms with van der Waals surface area (Å²) in [6, 6.07) is 2.07. The second kappa shape index (κ2) is 6.55. The molecule has 3 rings (SSSR count). The van der Waals surface area contributed by atoms with Crippen molar-refractivity contribution < 1.29 is 14.3 Å². The van der Waals surface area contributed by atoms with Gasteiger partial charge in [-0.1, -0.05) is 0 Å². The molecule has 7 heteroatoms. The number of carbonyl (C=O) groups excluding carboxylic acids is 2. The maximum Gasteiger partial charge on any atom is 0.272 e. The fourth-order valence-electron chi connectivity index (χ4n) is 4.01. The van der Waals surface area contributed by atoms with E-state index in [-0.39, 0.29) is 30.0 Å². The fourth-order valence-corrected chi connectivity index (χ4v) is 4.01. The zero-order valence-corrected chi connectivity index (χ0v) is 14.8. The molecule has 2 aliphatic heterocycles. The number of nitrogens with zero attached hydrogens (tertiary/aromatic N) is 4. The molecule has 132 valence electrons. The third kappa shape index (κ3) is 2.70. The maximum absolute atomic E-state index is 12.6. The standard InChI is InChI=1S/C17H26N4O3/c1-11(2)21-14(15(24-4)17(21)23)12-6-9-20(10-7-12)16(22)13-5-8-18-19(13)3/h5,8,11-12,14-15H,6-7,9-10H2,1-4H3/t14-,15+/m0/s1. The summed E-state index contributed by atoms with van der Waals surface area (Å²) in [6.45, 7) is 5.50. The Bertz CT molecular complexity index is 619. The monoisotopic (exact) mass is 334 g/mol. The zero-order chi connectivity index (χ0) is 17.4. The lowest BCUT2D eigenvalue weighted by atomic mass is 9.79. The largest absolute Gasteiger partial charge is 0.369 e. The Morgan fingerprint density at radius 1 is 1.33 bits per heavy atom. The number of hydrogen-bond acceptors (Lipinski definition) is 4. The van der Waals surface area contributed by atoms with Gasteiger partial charge in [-0.2, -0.15) is 5.10 Å². The molecule has 0 bridgehead atoms. The number of methoxy groups -OCH3 is 1. The summed E-state index contributed by atoms with van der Waals surface area (Å²) < 4.78 is 7.02. The van der Waals surface area contributed by atoms with Crippen LogP contribution >= 0.6 is 0 Å². The van der Waals surface area contributed by atoms with Gasteiger partial charge >= 0.3 is 0 Å². The van der Waals surface area contributed by atoms with Crippen LogP contribution < -0.4 is 0 Å². The fraction of sp³-hybridized carbons (Fsp3) is 0.706. The number of aromatic nitrogens is 2. The molecule has 2 saturated heterocycles. The Morgan fingerprint density at radius 2 is 2.00 bits per heavy atom. The number of aryl methyl sites for hydroxylation is 1. The first-order chi connectivity index (χ1) is 11.5. The predicted molar refractivity (Wildman–Crippen MR) is 88.4 cm³/mol. The molecule has 2 atom stereocenters. The van der Waals surface area contributed by atoms with Crippen LogP contribution in [0.15, 0.2) is 12.3 Å². The van der Waals surface area contributed by atoms with Crippen molar-refractivity contribution in [3.8, 4) is 0 Å². The van der Waals surface area contributed by atoms with Crippen molar-refractivity contribution in [1.29, 1.82) is 0 Å². The van der Waals surface area contributed by atoms with Crippen LogP contribution in [-0.4, -0.2) is 69.8 Å². The van der Waals surface area contributed by atoms with E-state index >= 15 is 0 Å². The first-order valence-corrected chi connectivity index (χ1v) is 8.58. The Balaban J connectivity index is 1.63. The van der Waals surface area contributed by atoms with E-state index in [1.807, 2.05) is 23.6 Å². The lowest BCUT2D eigenvalue weighted by Crippen LogP contribution is -2.70. The van der Waals surface area contributed by atoms with E-state index < -0.39 is 0 Å². The lowest BCUT2D eigenvalue weighted by Gasteiger charge is -2.53. The van der Waals surface area contributed by atoms with Crippen LogP contribution in [0.25, 0.3) is 0 Å². The number of β-lactam (4-membered cyclic amide) rings is 1. The smallest absolute Gasteiger partial charge is 0.272 e. The first-order valence-electron chi connectivity index (χ1n) is 8.58. The van der Waals surface area contributed by atoms with E-state index in [0.717, 1.165) is 12.8 Å². The number of hydrogen-bond donors (Lipinski definition) is 0. The van der Waals surface area contributed by atoms with Crippen molar-refractivity contribution in [1.82, 2.24) is 19.6 Å². The van der Waals surface area contributed by atoms with Crippen molar-refractivity contribution in [2.24, 2.45) is 13.0 Å². The Kier molecular flexibility index (Phi) is 4.62. The van der Waals surface area contributed by atoms with E-state index in [1.165, 1.54) is 0 Å². The van der Waals surface area contributed by atoms with Crippen LogP contribution in [-0.2, 0) is 16.6 Å². The summed E-state index contributed by atoms with van der Waals surface area (Å²) in [5.41, 5.74) is 0.617. The molecule has 2 amide bonds. The highest BCUT2D eigenvalue weighted by molar-refractivity contribution is 5.92. The molecule has 1 aromatic rings. The second-order valence-electron chi connectivity index (χ2n) is 6.96. The summed E-state index contributed by atoms with van der Waals surface area (Å²) in [5.74, 6) is 0.499. The molecule has 0 unspecified atom stereocenters. The molecule has 0 spiro atoms. The third-order valence-corrected chi connectivity index (χ3v) is 5.29. The molecule has 0 aromatic carbocycles. The SMILES string of the molecule is CO[C@H]1C(=O)N(C(C)C)[C@H]1C1CCN(C(=O)c2ccnn2C)CC1. The van der Waals surface area contributed by atoms with Gasteiger partial charge in [-0.25, -0.2) is 0 Å². The maximum atomic E-state index is 12.6. The van der Waals surface area contributed by atoms with Crippen LogP contribution in [0.1, 0.15) is 37.2 Å². The number of ether oxygens (including phenoxy) is 1. The Labute approximate surface area is 142 Å². The molecular weight excluding hydrogens is 308 g/mol. The minimum Gasteiger partial charge on any atom is -0.369 e. The molecular formula is C17H26N4O3. The van der Waals surface area contributed by atoms with Gasteiger partial charge in [0.1, 0.15) is 5.69 Å². The Morgan fingerprint density at radius 3 is 2.50 bits per heavy atom. The van der Waals surface area contributed by atoms with Gasteiger partial charge in [-0.05, 0) is 38.7 Å². The predicted octanol–water partition coefficient (Wildman–Crippen LogP) is 0.906. The third-order valence-electron chi connectivity index (χ3n) is 5.29. The van der Waals surface area contributed by atoms with Gasteiger partial charge in [0.15, 0.2) is 6.10 Å². The van der Waals surface area contributed by atoms with Gasteiger partial charge in [0.25, 0.3) is 11.8 Å². The number of amides is 2. The molecule has 1 aromatic heterocycles. The quantitative estimate of drug-likeness (QED) is 0.768. The van der Waals surface area contributed by atoms with Crippen molar-refractivity contribution in [2.45, 2.75) is 44.9 Å². The van der Waals surface area contributed by atoms with Crippen LogP contribution in [0.4, 0.5) is 0 Å². The number of likely N-dealkylation sites (tertiary alicyclic amines) is 2. The average molecular weight is 334 g/mol. The minimum absolute atomic E-state index is 0.0298. The summed E-state index contributed by atoms with van der Waals surface area (Å²) in [5, 5.41) is 4.07. The molecule has 3 heterocycles. The highest BCUT2D eigenvalue weighted by Gasteiger charge is 2.52. The lowest BCUT2D eigenvalue weighted by molar-refractivity contribution is -0.181. The normalized spacial score (nSPS) is 25.3. The van der Waals surface area contributed by atoms with E-state index in [9.17, 15) is 9.59 Å². The van der Waals surface area contributed by atoms with Crippen LogP contribution in [0.5, 0.6) is 0 Å². The average Bonchev–Trinajstić information content (AvgIpc) is 2.98. The van der Waals surface area contributed by atoms with Crippen molar-refractivity contribution in [3.63, 3.8) is 0 Å². The molecule has 0 aliphatic carbocycles. The summed E-state index contributed by atoms with van der Waals surface area (Å²) in [6.07, 6.45) is 3.11. The zero-order valence-electron chi connectivity index (χ0n) is 14.8. The minimum atomic E-state index is -0.322. The number of carbonyl (C=O) groups is 2. The van der Waals surface area contributed by atoms with Gasteiger partial charge < -0.3 is 14.5 Å². The summed E-state index contributed by atoms with van der Waals surface area (Å²) >= 11 is 0. The van der Waals surface area contributed by atoms with Gasteiger partial charge in [0.2, 0.25) is 0 Å². The number of piperidine rings is 1. The summed E-state index contributed by atoms with van der Waals surface area (Å²) in [4.78, 5) is 28.6. The van der Waals surface area contributed by atoms with E-state index in [0.29, 0.717) is 24.7 Å². The van der Waals surface area contributed by atoms with E-state index in [1.54, 1.807) is 31.1 Å². The molecule has 7 nitrogen and oxygen atoms in total. The topological polar surface area (TPSA) is 67.7 Å². The molecule has 2 fully saturated rings. The van der Waals surface area contributed by atoms with Crippen molar-refractivity contribution in [3.05, 3.63) is 18.0 Å². The van der Waals surface area contributed by atoms with Crippen LogP contribution in [0.3, 0.4) is 0 Å². The van der Waals surface area contributed by atoms with Gasteiger partial charge in [0.05, 0.1) is 6.04 Å². The second-order valence-corrected chi connectivity index (χ2v) is 6.96. The molecule has 2 aliphatic rings. The highest BCUT2D eigenvalue weighted by atomic mass is 16.5. The molecule has 0 saturated carbocycles. The number of rotatable bonds is 4. The van der Waals surface area contributed by atoms with Crippen LogP contribution in [0, 0.1) is 5.92 Å². The van der Waals surface area contributed by atoms with Crippen molar-refractivity contribution in [2.75, 3.05) is 20.2 Å².